The Kier molecular flexibility index (Phi) is 2.80. The summed E-state index contributed by atoms with van der Waals surface area (Å²) in [6.07, 6.45) is 0. The van der Waals surface area contributed by atoms with Crippen LogP contribution in [-0.2, 0) is 0 Å². The van der Waals surface area contributed by atoms with Crippen molar-refractivity contribution in [2.45, 2.75) is 13.8 Å². The number of benzene rings is 1. The average Bonchev–Trinajstić information content (AvgIpc) is 2.87. The maximum Gasteiger partial charge on any atom is 0.159 e. The molecule has 0 radical (unpaired) electrons. The maximum absolute atomic E-state index is 6.20. The van der Waals surface area contributed by atoms with Crippen molar-refractivity contribution in [1.82, 2.24) is 10.2 Å². The molecule has 2 aromatic heterocycles. The van der Waals surface area contributed by atoms with Gasteiger partial charge in [-0.2, -0.15) is 0 Å². The van der Waals surface area contributed by atoms with Crippen molar-refractivity contribution in [3.8, 4) is 10.6 Å². The molecule has 0 fully saturated rings. The molecule has 0 aliphatic rings. The smallest absolute Gasteiger partial charge is 0.147 e. The lowest BCUT2D eigenvalue weighted by Gasteiger charge is -2.09. The molecule has 0 aliphatic heterocycles. The molecule has 0 saturated heterocycles. The minimum absolute atomic E-state index is 0.478. The van der Waals surface area contributed by atoms with Gasteiger partial charge < -0.3 is 0 Å². The zero-order valence-corrected chi connectivity index (χ0v) is 11.6. The van der Waals surface area contributed by atoms with Crippen LogP contribution in [0.3, 0.4) is 0 Å². The number of hydrogen-bond acceptors (Lipinski definition) is 3. The third-order valence-corrected chi connectivity index (χ3v) is 4.20. The molecule has 0 N–H and O–H groups in total. The van der Waals surface area contributed by atoms with Gasteiger partial charge in [0.2, 0.25) is 0 Å². The first kappa shape index (κ1) is 11.6. The zero-order chi connectivity index (χ0) is 12.7. The monoisotopic (exact) mass is 274 g/mol. The predicted octanol–water partition coefficient (Wildman–Crippen LogP) is 4.63. The van der Waals surface area contributed by atoms with Gasteiger partial charge in [-0.25, -0.2) is 0 Å². The second-order valence-corrected chi connectivity index (χ2v) is 5.57. The molecule has 0 saturated carbocycles. The number of hydrogen-bond donors (Lipinski definition) is 0. The first-order valence-electron chi connectivity index (χ1n) is 5.64. The van der Waals surface area contributed by atoms with Crippen molar-refractivity contribution in [3.63, 3.8) is 0 Å². The molecule has 0 amide bonds. The zero-order valence-electron chi connectivity index (χ0n) is 10.1. The average molecular weight is 275 g/mol. The van der Waals surface area contributed by atoms with E-state index in [1.54, 1.807) is 11.3 Å². The molecule has 2 heterocycles. The molecule has 0 aliphatic carbocycles. The van der Waals surface area contributed by atoms with Crippen molar-refractivity contribution in [1.29, 1.82) is 0 Å². The van der Waals surface area contributed by atoms with E-state index in [1.165, 1.54) is 5.56 Å². The van der Waals surface area contributed by atoms with Gasteiger partial charge in [0.05, 0.1) is 4.88 Å². The Morgan fingerprint density at radius 1 is 1.00 bits per heavy atom. The van der Waals surface area contributed by atoms with E-state index < -0.39 is 0 Å². The van der Waals surface area contributed by atoms with Gasteiger partial charge in [0.1, 0.15) is 5.69 Å². The molecule has 0 bridgehead atoms. The van der Waals surface area contributed by atoms with Crippen molar-refractivity contribution in [3.05, 3.63) is 45.9 Å². The van der Waals surface area contributed by atoms with Crippen LogP contribution in [0.2, 0.25) is 5.15 Å². The van der Waals surface area contributed by atoms with Crippen LogP contribution in [0.25, 0.3) is 21.3 Å². The van der Waals surface area contributed by atoms with Crippen molar-refractivity contribution >= 4 is 33.7 Å². The van der Waals surface area contributed by atoms with E-state index in [2.05, 4.69) is 35.3 Å². The number of aryl methyl sites for hydroxylation is 2. The van der Waals surface area contributed by atoms with Crippen LogP contribution in [0, 0.1) is 13.8 Å². The second-order valence-electron chi connectivity index (χ2n) is 4.27. The van der Waals surface area contributed by atoms with Crippen molar-refractivity contribution < 1.29 is 0 Å². The number of aromatic nitrogens is 2. The Morgan fingerprint density at radius 2 is 1.72 bits per heavy atom. The molecule has 0 unspecified atom stereocenters. The van der Waals surface area contributed by atoms with E-state index in [4.69, 9.17) is 11.6 Å². The summed E-state index contributed by atoms with van der Waals surface area (Å²) < 4.78 is 0. The summed E-state index contributed by atoms with van der Waals surface area (Å²) in [7, 11) is 0. The quantitative estimate of drug-likeness (QED) is 0.647. The molecule has 3 rings (SSSR count). The Morgan fingerprint density at radius 3 is 2.39 bits per heavy atom. The molecule has 4 heteroatoms. The normalized spacial score (nSPS) is 11.1. The highest BCUT2D eigenvalue weighted by atomic mass is 35.5. The highest BCUT2D eigenvalue weighted by Gasteiger charge is 2.14. The predicted molar refractivity (Wildman–Crippen MR) is 77.3 cm³/mol. The summed E-state index contributed by atoms with van der Waals surface area (Å²) in [6, 6.07) is 8.26. The van der Waals surface area contributed by atoms with Gasteiger partial charge in [0.15, 0.2) is 5.15 Å². The summed E-state index contributed by atoms with van der Waals surface area (Å²) in [5.74, 6) is 0. The summed E-state index contributed by atoms with van der Waals surface area (Å²) >= 11 is 7.86. The summed E-state index contributed by atoms with van der Waals surface area (Å²) in [5.41, 5.74) is 3.23. The largest absolute Gasteiger partial charge is 0.159 e. The molecule has 90 valence electrons. The van der Waals surface area contributed by atoms with Crippen LogP contribution < -0.4 is 0 Å². The lowest BCUT2D eigenvalue weighted by Crippen LogP contribution is -1.94. The van der Waals surface area contributed by atoms with E-state index >= 15 is 0 Å². The third-order valence-electron chi connectivity index (χ3n) is 3.06. The van der Waals surface area contributed by atoms with Crippen LogP contribution in [0.5, 0.6) is 0 Å². The van der Waals surface area contributed by atoms with E-state index in [9.17, 15) is 0 Å². The minimum atomic E-state index is 0.478. The lowest BCUT2D eigenvalue weighted by molar-refractivity contribution is 1.06. The highest BCUT2D eigenvalue weighted by Crippen LogP contribution is 2.35. The van der Waals surface area contributed by atoms with Crippen LogP contribution in [-0.4, -0.2) is 10.2 Å². The topological polar surface area (TPSA) is 25.8 Å². The number of fused-ring (bicyclic) bond motifs is 1. The summed E-state index contributed by atoms with van der Waals surface area (Å²) in [6.45, 7) is 4.13. The summed E-state index contributed by atoms with van der Waals surface area (Å²) in [5, 5.41) is 13.0. The van der Waals surface area contributed by atoms with E-state index in [0.29, 0.717) is 5.15 Å². The number of halogens is 1. The molecule has 0 spiro atoms. The highest BCUT2D eigenvalue weighted by molar-refractivity contribution is 7.13. The Hall–Kier alpha value is -1.45. The Labute approximate surface area is 114 Å². The van der Waals surface area contributed by atoms with Gasteiger partial charge in [0.25, 0.3) is 0 Å². The molecule has 0 atom stereocenters. The molecule has 2 nitrogen and oxygen atoms in total. The van der Waals surface area contributed by atoms with E-state index in [1.807, 2.05) is 18.4 Å². The second kappa shape index (κ2) is 4.34. The molecule has 3 aromatic rings. The van der Waals surface area contributed by atoms with Gasteiger partial charge in [-0.05, 0) is 36.4 Å². The number of nitrogens with zero attached hydrogens (tertiary/aromatic N) is 2. The third kappa shape index (κ3) is 1.71. The first-order valence-corrected chi connectivity index (χ1v) is 6.90. The van der Waals surface area contributed by atoms with E-state index in [0.717, 1.165) is 26.9 Å². The molecule has 18 heavy (non-hydrogen) atoms. The fourth-order valence-corrected chi connectivity index (χ4v) is 3.16. The SMILES string of the molecule is Cc1ccc(C)c2c(-c3cccs3)nnc(Cl)c12. The standard InChI is InChI=1S/C14H11ClN2S/c1-8-5-6-9(2)12-11(8)13(16-17-14(12)15)10-4-3-7-18-10/h3-7H,1-2H3. The number of rotatable bonds is 1. The fourth-order valence-electron chi connectivity index (χ4n) is 2.16. The molecular formula is C14H11ClN2S. The lowest BCUT2D eigenvalue weighted by atomic mass is 10.0. The number of thiophene rings is 1. The molecular weight excluding hydrogens is 264 g/mol. The fraction of sp³-hybridized carbons (Fsp3) is 0.143. The van der Waals surface area contributed by atoms with Gasteiger partial charge in [-0.15, -0.1) is 21.5 Å². The van der Waals surface area contributed by atoms with Crippen LogP contribution >= 0.6 is 22.9 Å². The maximum atomic E-state index is 6.20. The molecule has 1 aromatic carbocycles. The van der Waals surface area contributed by atoms with Gasteiger partial charge in [-0.1, -0.05) is 29.8 Å². The minimum Gasteiger partial charge on any atom is -0.147 e. The van der Waals surface area contributed by atoms with Crippen LogP contribution in [0.15, 0.2) is 29.6 Å². The van der Waals surface area contributed by atoms with Crippen molar-refractivity contribution in [2.75, 3.05) is 0 Å². The van der Waals surface area contributed by atoms with E-state index in [-0.39, 0.29) is 0 Å². The van der Waals surface area contributed by atoms with Crippen molar-refractivity contribution in [2.24, 2.45) is 0 Å². The van der Waals surface area contributed by atoms with Gasteiger partial charge >= 0.3 is 0 Å². The Bertz CT molecular complexity index is 712. The summed E-state index contributed by atoms with van der Waals surface area (Å²) in [4.78, 5) is 1.12. The van der Waals surface area contributed by atoms with Gasteiger partial charge in [0, 0.05) is 10.8 Å². The first-order chi connectivity index (χ1) is 8.68. The Balaban J connectivity index is 2.49. The van der Waals surface area contributed by atoms with Crippen LogP contribution in [0.4, 0.5) is 0 Å². The van der Waals surface area contributed by atoms with Crippen LogP contribution in [0.1, 0.15) is 11.1 Å². The van der Waals surface area contributed by atoms with Gasteiger partial charge in [-0.3, -0.25) is 0 Å².